The van der Waals surface area contributed by atoms with Crippen LogP contribution < -0.4 is 10.6 Å². The molecule has 0 atom stereocenters. The molecule has 3 aromatic carbocycles. The largest absolute Gasteiger partial charge is 0.351 e. The minimum atomic E-state index is -0.391. The lowest BCUT2D eigenvalue weighted by Gasteiger charge is -2.37. The van der Waals surface area contributed by atoms with Gasteiger partial charge in [0.05, 0.1) is 23.1 Å². The summed E-state index contributed by atoms with van der Waals surface area (Å²) in [6, 6.07) is 30.1. The summed E-state index contributed by atoms with van der Waals surface area (Å²) >= 11 is 0. The van der Waals surface area contributed by atoms with E-state index in [0.717, 1.165) is 71.7 Å². The molecule has 1 saturated heterocycles. The van der Waals surface area contributed by atoms with Crippen LogP contribution in [-0.4, -0.2) is 45.0 Å². The molecule has 6 rings (SSSR count). The fourth-order valence-corrected chi connectivity index (χ4v) is 5.37. The summed E-state index contributed by atoms with van der Waals surface area (Å²) in [5, 5.41) is 0. The van der Waals surface area contributed by atoms with Gasteiger partial charge in [0.15, 0.2) is 0 Å². The van der Waals surface area contributed by atoms with Crippen molar-refractivity contribution in [3.05, 3.63) is 109 Å². The predicted molar refractivity (Wildman–Crippen MR) is 155 cm³/mol. The number of anilines is 1. The zero-order valence-electron chi connectivity index (χ0n) is 21.6. The Morgan fingerprint density at radius 2 is 1.41 bits per heavy atom. The predicted octanol–water partition coefficient (Wildman–Crippen LogP) is 5.91. The standard InChI is InChI=1S/C32H30N6O/c33-32(39)38(26-9-5-2-6-10-26)27-16-19-37(20-17-27)22-23-11-13-25(14-12-23)31-30(24-7-3-1-4-8-24)36-29-21-34-18-15-28(29)35-31/h1-15,18,21,27H,16-17,19-20,22H2,(H2,33,39). The molecule has 2 aromatic heterocycles. The Labute approximate surface area is 228 Å². The van der Waals surface area contributed by atoms with Gasteiger partial charge in [-0.2, -0.15) is 0 Å². The van der Waals surface area contributed by atoms with Crippen LogP contribution >= 0.6 is 0 Å². The Morgan fingerprint density at radius 1 is 0.795 bits per heavy atom. The number of urea groups is 1. The Balaban J connectivity index is 1.18. The molecule has 7 nitrogen and oxygen atoms in total. The third-order valence-corrected chi connectivity index (χ3v) is 7.34. The Bertz CT molecular complexity index is 1570. The Kier molecular flexibility index (Phi) is 6.97. The SMILES string of the molecule is NC(=O)N(c1ccccc1)C1CCN(Cc2ccc(-c3nc4ccncc4nc3-c3ccccc3)cc2)CC1. The smallest absolute Gasteiger partial charge is 0.319 e. The highest BCUT2D eigenvalue weighted by atomic mass is 16.2. The van der Waals surface area contributed by atoms with Crippen LogP contribution in [0.3, 0.4) is 0 Å². The maximum atomic E-state index is 12.2. The van der Waals surface area contributed by atoms with Gasteiger partial charge in [-0.15, -0.1) is 0 Å². The summed E-state index contributed by atoms with van der Waals surface area (Å²) in [4.78, 5) is 30.5. The number of piperidine rings is 1. The van der Waals surface area contributed by atoms with Crippen LogP contribution in [-0.2, 0) is 6.54 Å². The van der Waals surface area contributed by atoms with Gasteiger partial charge in [0.2, 0.25) is 0 Å². The number of nitrogens with two attached hydrogens (primary N) is 1. The number of hydrogen-bond donors (Lipinski definition) is 1. The van der Waals surface area contributed by atoms with Crippen LogP contribution in [0, 0.1) is 0 Å². The summed E-state index contributed by atoms with van der Waals surface area (Å²) < 4.78 is 0. The number of rotatable bonds is 6. The average molecular weight is 515 g/mol. The second kappa shape index (κ2) is 11.0. The van der Waals surface area contributed by atoms with E-state index in [1.165, 1.54) is 5.56 Å². The monoisotopic (exact) mass is 514 g/mol. The van der Waals surface area contributed by atoms with Crippen LogP contribution in [0.25, 0.3) is 33.5 Å². The first-order chi connectivity index (χ1) is 19.2. The molecule has 1 aliphatic rings. The third kappa shape index (κ3) is 5.35. The number of carbonyl (C=O) groups excluding carboxylic acids is 1. The van der Waals surface area contributed by atoms with Gasteiger partial charge in [0.1, 0.15) is 5.52 Å². The summed E-state index contributed by atoms with van der Waals surface area (Å²) in [5.74, 6) is 0. The molecule has 39 heavy (non-hydrogen) atoms. The van der Waals surface area contributed by atoms with E-state index >= 15 is 0 Å². The first-order valence-electron chi connectivity index (χ1n) is 13.3. The molecule has 194 valence electrons. The van der Waals surface area contributed by atoms with Crippen molar-refractivity contribution in [2.45, 2.75) is 25.4 Å². The first kappa shape index (κ1) is 24.7. The quantitative estimate of drug-likeness (QED) is 0.304. The zero-order chi connectivity index (χ0) is 26.6. The molecule has 5 aromatic rings. The van der Waals surface area contributed by atoms with Crippen molar-refractivity contribution in [1.29, 1.82) is 0 Å². The molecule has 0 radical (unpaired) electrons. The minimum Gasteiger partial charge on any atom is -0.351 e. The molecule has 0 spiro atoms. The summed E-state index contributed by atoms with van der Waals surface area (Å²) in [7, 11) is 0. The number of fused-ring (bicyclic) bond motifs is 1. The van der Waals surface area contributed by atoms with Gasteiger partial charge in [-0.05, 0) is 36.6 Å². The first-order valence-corrected chi connectivity index (χ1v) is 13.3. The van der Waals surface area contributed by atoms with Crippen molar-refractivity contribution in [1.82, 2.24) is 19.9 Å². The van der Waals surface area contributed by atoms with Crippen molar-refractivity contribution < 1.29 is 4.79 Å². The second-order valence-corrected chi connectivity index (χ2v) is 9.90. The number of benzene rings is 3. The Hall–Kier alpha value is -4.62. The summed E-state index contributed by atoms with van der Waals surface area (Å²) in [5.41, 5.74) is 13.2. The van der Waals surface area contributed by atoms with Gasteiger partial charge >= 0.3 is 6.03 Å². The van der Waals surface area contributed by atoms with Gasteiger partial charge in [0, 0.05) is 48.7 Å². The fourth-order valence-electron chi connectivity index (χ4n) is 5.37. The highest BCUT2D eigenvalue weighted by Crippen LogP contribution is 2.31. The number of pyridine rings is 1. The molecular weight excluding hydrogens is 484 g/mol. The highest BCUT2D eigenvalue weighted by molar-refractivity contribution is 5.91. The number of carbonyl (C=O) groups is 1. The molecule has 1 aliphatic heterocycles. The Morgan fingerprint density at radius 3 is 2.08 bits per heavy atom. The average Bonchev–Trinajstić information content (AvgIpc) is 2.99. The minimum absolute atomic E-state index is 0.113. The summed E-state index contributed by atoms with van der Waals surface area (Å²) in [6.07, 6.45) is 5.28. The van der Waals surface area contributed by atoms with Gasteiger partial charge in [-0.25, -0.2) is 14.8 Å². The van der Waals surface area contributed by atoms with Crippen LogP contribution in [0.15, 0.2) is 103 Å². The molecule has 0 unspecified atom stereocenters. The fraction of sp³-hybridized carbons (Fsp3) is 0.188. The van der Waals surface area contributed by atoms with Crippen molar-refractivity contribution in [3.8, 4) is 22.5 Å². The van der Waals surface area contributed by atoms with Crippen molar-refractivity contribution in [2.75, 3.05) is 18.0 Å². The van der Waals surface area contributed by atoms with E-state index in [0.29, 0.717) is 0 Å². The normalized spacial score (nSPS) is 14.4. The third-order valence-electron chi connectivity index (χ3n) is 7.34. The maximum Gasteiger partial charge on any atom is 0.319 e. The molecule has 2 N–H and O–H groups in total. The van der Waals surface area contributed by atoms with Crippen LogP contribution in [0.1, 0.15) is 18.4 Å². The molecule has 0 bridgehead atoms. The van der Waals surface area contributed by atoms with E-state index < -0.39 is 6.03 Å². The lowest BCUT2D eigenvalue weighted by Crippen LogP contribution is -2.49. The molecule has 0 aliphatic carbocycles. The number of para-hydroxylation sites is 1. The van der Waals surface area contributed by atoms with Crippen LogP contribution in [0.2, 0.25) is 0 Å². The summed E-state index contributed by atoms with van der Waals surface area (Å²) in [6.45, 7) is 2.67. The van der Waals surface area contributed by atoms with Gasteiger partial charge in [-0.1, -0.05) is 72.8 Å². The number of primary amides is 1. The van der Waals surface area contributed by atoms with Crippen LogP contribution in [0.5, 0.6) is 0 Å². The highest BCUT2D eigenvalue weighted by Gasteiger charge is 2.28. The van der Waals surface area contributed by atoms with Crippen molar-refractivity contribution in [3.63, 3.8) is 0 Å². The van der Waals surface area contributed by atoms with Crippen LogP contribution in [0.4, 0.5) is 10.5 Å². The molecular formula is C32H30N6O. The molecule has 0 saturated carbocycles. The zero-order valence-corrected chi connectivity index (χ0v) is 21.6. The number of aromatic nitrogens is 3. The second-order valence-electron chi connectivity index (χ2n) is 9.90. The lowest BCUT2D eigenvalue weighted by molar-refractivity contribution is 0.199. The van der Waals surface area contributed by atoms with Gasteiger partial charge < -0.3 is 5.73 Å². The van der Waals surface area contributed by atoms with E-state index in [1.807, 2.05) is 54.6 Å². The van der Waals surface area contributed by atoms with Gasteiger partial charge in [0.25, 0.3) is 0 Å². The molecule has 1 fully saturated rings. The molecule has 2 amide bonds. The van der Waals surface area contributed by atoms with E-state index in [2.05, 4.69) is 46.3 Å². The number of likely N-dealkylation sites (tertiary alicyclic amines) is 1. The van der Waals surface area contributed by atoms with E-state index in [-0.39, 0.29) is 6.04 Å². The van der Waals surface area contributed by atoms with Crippen molar-refractivity contribution >= 4 is 22.8 Å². The number of hydrogen-bond acceptors (Lipinski definition) is 5. The van der Waals surface area contributed by atoms with E-state index in [4.69, 9.17) is 15.7 Å². The number of nitrogens with zero attached hydrogens (tertiary/aromatic N) is 5. The maximum absolute atomic E-state index is 12.2. The molecule has 7 heteroatoms. The molecule has 3 heterocycles. The number of amides is 2. The topological polar surface area (TPSA) is 88.2 Å². The van der Waals surface area contributed by atoms with E-state index in [9.17, 15) is 4.79 Å². The van der Waals surface area contributed by atoms with E-state index in [1.54, 1.807) is 17.3 Å². The van der Waals surface area contributed by atoms with Crippen molar-refractivity contribution in [2.24, 2.45) is 5.73 Å². The lowest BCUT2D eigenvalue weighted by atomic mass is 10.0. The van der Waals surface area contributed by atoms with Gasteiger partial charge in [-0.3, -0.25) is 14.8 Å².